The molecule has 7 heavy (non-hydrogen) atoms. The van der Waals surface area contributed by atoms with Crippen LogP contribution < -0.4 is 5.32 Å². The van der Waals surface area contributed by atoms with Gasteiger partial charge in [-0.2, -0.15) is 0 Å². The topological polar surface area (TPSA) is 12.0 Å². The van der Waals surface area contributed by atoms with Gasteiger partial charge in [0.1, 0.15) is 0 Å². The lowest BCUT2D eigenvalue weighted by molar-refractivity contribution is 0.886. The Balaban J connectivity index is 2.51. The van der Waals surface area contributed by atoms with Crippen molar-refractivity contribution in [3.05, 3.63) is 12.2 Å². The van der Waals surface area contributed by atoms with Crippen LogP contribution in [0.15, 0.2) is 12.2 Å². The molecule has 0 amide bonds. The Hall–Kier alpha value is -0.370. The van der Waals surface area contributed by atoms with Gasteiger partial charge in [-0.3, -0.25) is 0 Å². The quantitative estimate of drug-likeness (QED) is 0.468. The maximum absolute atomic E-state index is 4.81. The van der Waals surface area contributed by atoms with E-state index in [0.29, 0.717) is 0 Å². The molecule has 1 heterocycles. The second kappa shape index (κ2) is 2.07. The Morgan fingerprint density at radius 3 is 2.86 bits per heavy atom. The average molecular weight is 113 g/mol. The van der Waals surface area contributed by atoms with Crippen molar-refractivity contribution in [3.63, 3.8) is 0 Å². The van der Waals surface area contributed by atoms with Crippen LogP contribution >= 0.6 is 12.2 Å². The zero-order valence-electron chi connectivity index (χ0n) is 3.98. The molecule has 0 aromatic rings. The molecule has 1 N–H and O–H groups in total. The van der Waals surface area contributed by atoms with Crippen LogP contribution in [0.1, 0.15) is 6.42 Å². The van der Waals surface area contributed by atoms with Gasteiger partial charge in [0.05, 0.1) is 4.99 Å². The Labute approximate surface area is 48.4 Å². The monoisotopic (exact) mass is 113 g/mol. The number of hydrogen-bond acceptors (Lipinski definition) is 1. The minimum atomic E-state index is 0.867. The molecule has 2 heteroatoms. The Kier molecular flexibility index (Phi) is 1.42. The smallest absolute Gasteiger partial charge is 0.0984 e. The molecule has 0 aliphatic carbocycles. The van der Waals surface area contributed by atoms with Gasteiger partial charge in [-0.15, -0.1) is 0 Å². The van der Waals surface area contributed by atoms with Gasteiger partial charge in [0, 0.05) is 6.54 Å². The van der Waals surface area contributed by atoms with Crippen molar-refractivity contribution >= 4 is 17.2 Å². The standard InChI is InChI=1S/C5H7NS/c7-5-3-1-2-4-6-5/h1,3H,2,4H2,(H,6,7). The molecule has 0 saturated heterocycles. The van der Waals surface area contributed by atoms with E-state index in [0.717, 1.165) is 18.0 Å². The third-order valence-corrected chi connectivity index (χ3v) is 1.16. The Morgan fingerprint density at radius 2 is 2.57 bits per heavy atom. The Bertz CT molecular complexity index is 107. The van der Waals surface area contributed by atoms with Crippen molar-refractivity contribution in [1.82, 2.24) is 5.32 Å². The SMILES string of the molecule is S=C1C=CCCN1. The van der Waals surface area contributed by atoms with Crippen LogP contribution in [0, 0.1) is 0 Å². The van der Waals surface area contributed by atoms with Crippen LogP contribution in [-0.2, 0) is 0 Å². The molecule has 1 rings (SSSR count). The maximum atomic E-state index is 4.81. The van der Waals surface area contributed by atoms with E-state index in [1.165, 1.54) is 0 Å². The minimum absolute atomic E-state index is 0.867. The summed E-state index contributed by atoms with van der Waals surface area (Å²) in [4.78, 5) is 0.867. The first-order valence-electron chi connectivity index (χ1n) is 2.34. The van der Waals surface area contributed by atoms with E-state index in [-0.39, 0.29) is 0 Å². The molecule has 0 bridgehead atoms. The van der Waals surface area contributed by atoms with Gasteiger partial charge in [-0.05, 0) is 12.5 Å². The molecule has 0 atom stereocenters. The van der Waals surface area contributed by atoms with Crippen LogP contribution in [0.3, 0.4) is 0 Å². The van der Waals surface area contributed by atoms with Crippen LogP contribution in [0.5, 0.6) is 0 Å². The number of nitrogens with one attached hydrogen (secondary N) is 1. The first kappa shape index (κ1) is 4.78. The van der Waals surface area contributed by atoms with E-state index in [4.69, 9.17) is 12.2 Å². The van der Waals surface area contributed by atoms with Gasteiger partial charge in [-0.1, -0.05) is 18.3 Å². The van der Waals surface area contributed by atoms with Gasteiger partial charge in [0.2, 0.25) is 0 Å². The highest BCUT2D eigenvalue weighted by molar-refractivity contribution is 7.80. The predicted molar refractivity (Wildman–Crippen MR) is 34.4 cm³/mol. The first-order valence-corrected chi connectivity index (χ1v) is 2.75. The summed E-state index contributed by atoms with van der Waals surface area (Å²) in [5.74, 6) is 0. The summed E-state index contributed by atoms with van der Waals surface area (Å²) in [6, 6.07) is 0. The minimum Gasteiger partial charge on any atom is -0.376 e. The van der Waals surface area contributed by atoms with Crippen molar-refractivity contribution in [2.24, 2.45) is 0 Å². The van der Waals surface area contributed by atoms with Crippen molar-refractivity contribution in [3.8, 4) is 0 Å². The van der Waals surface area contributed by atoms with Crippen LogP contribution in [0.25, 0.3) is 0 Å². The third-order valence-electron chi connectivity index (χ3n) is 0.879. The van der Waals surface area contributed by atoms with Gasteiger partial charge in [0.15, 0.2) is 0 Å². The summed E-state index contributed by atoms with van der Waals surface area (Å²) < 4.78 is 0. The molecular formula is C5H7NS. The predicted octanol–water partition coefficient (Wildman–Crippen LogP) is 0.863. The highest BCUT2D eigenvalue weighted by atomic mass is 32.1. The van der Waals surface area contributed by atoms with Gasteiger partial charge in [-0.25, -0.2) is 0 Å². The fourth-order valence-electron chi connectivity index (χ4n) is 0.528. The highest BCUT2D eigenvalue weighted by Crippen LogP contribution is 1.88. The molecule has 0 spiro atoms. The van der Waals surface area contributed by atoms with E-state index >= 15 is 0 Å². The van der Waals surface area contributed by atoms with Crippen molar-refractivity contribution in [2.75, 3.05) is 6.54 Å². The zero-order chi connectivity index (χ0) is 5.11. The average Bonchev–Trinajstić information content (AvgIpc) is 1.69. The molecule has 38 valence electrons. The second-order valence-electron chi connectivity index (χ2n) is 1.48. The van der Waals surface area contributed by atoms with E-state index in [9.17, 15) is 0 Å². The Morgan fingerprint density at radius 1 is 1.71 bits per heavy atom. The molecule has 0 unspecified atom stereocenters. The van der Waals surface area contributed by atoms with Crippen LogP contribution in [0.4, 0.5) is 0 Å². The van der Waals surface area contributed by atoms with Gasteiger partial charge >= 0.3 is 0 Å². The summed E-state index contributed by atoms with van der Waals surface area (Å²) in [5.41, 5.74) is 0. The van der Waals surface area contributed by atoms with Gasteiger partial charge < -0.3 is 5.32 Å². The molecule has 0 aromatic carbocycles. The van der Waals surface area contributed by atoms with Crippen molar-refractivity contribution in [2.45, 2.75) is 6.42 Å². The maximum Gasteiger partial charge on any atom is 0.0984 e. The number of hydrogen-bond donors (Lipinski definition) is 1. The van der Waals surface area contributed by atoms with Crippen LogP contribution in [0.2, 0.25) is 0 Å². The summed E-state index contributed by atoms with van der Waals surface area (Å²) >= 11 is 4.81. The second-order valence-corrected chi connectivity index (χ2v) is 1.92. The van der Waals surface area contributed by atoms with Gasteiger partial charge in [0.25, 0.3) is 0 Å². The number of thiocarbonyl (C=S) groups is 1. The lowest BCUT2D eigenvalue weighted by Gasteiger charge is -2.05. The summed E-state index contributed by atoms with van der Waals surface area (Å²) in [5, 5.41) is 3.03. The normalized spacial score (nSPS) is 19.1. The summed E-state index contributed by atoms with van der Waals surface area (Å²) in [6.45, 7) is 1.01. The summed E-state index contributed by atoms with van der Waals surface area (Å²) in [7, 11) is 0. The van der Waals surface area contributed by atoms with Crippen molar-refractivity contribution < 1.29 is 0 Å². The van der Waals surface area contributed by atoms with E-state index in [2.05, 4.69) is 11.4 Å². The zero-order valence-corrected chi connectivity index (χ0v) is 4.79. The van der Waals surface area contributed by atoms with E-state index < -0.39 is 0 Å². The van der Waals surface area contributed by atoms with Crippen LogP contribution in [-0.4, -0.2) is 11.5 Å². The third kappa shape index (κ3) is 1.27. The molecule has 0 radical (unpaired) electrons. The summed E-state index contributed by atoms with van der Waals surface area (Å²) in [6.07, 6.45) is 5.12. The molecule has 1 aliphatic rings. The molecule has 0 aromatic heterocycles. The number of rotatable bonds is 0. The largest absolute Gasteiger partial charge is 0.376 e. The lowest BCUT2D eigenvalue weighted by atomic mass is 10.3. The fourth-order valence-corrected chi connectivity index (χ4v) is 0.726. The fraction of sp³-hybridized carbons (Fsp3) is 0.400. The van der Waals surface area contributed by atoms with Crippen molar-refractivity contribution in [1.29, 1.82) is 0 Å². The molecule has 0 saturated carbocycles. The highest BCUT2D eigenvalue weighted by Gasteiger charge is 1.91. The lowest BCUT2D eigenvalue weighted by Crippen LogP contribution is -2.22. The molecule has 1 aliphatic heterocycles. The molecule has 0 fully saturated rings. The van der Waals surface area contributed by atoms with E-state index in [1.807, 2.05) is 6.08 Å². The first-order chi connectivity index (χ1) is 3.39. The molecule has 1 nitrogen and oxygen atoms in total. The van der Waals surface area contributed by atoms with E-state index in [1.54, 1.807) is 0 Å². The molecular weight excluding hydrogens is 106 g/mol.